The van der Waals surface area contributed by atoms with Gasteiger partial charge >= 0.3 is 6.09 Å². The number of halogens is 1. The van der Waals surface area contributed by atoms with E-state index in [1.54, 1.807) is 4.57 Å². The third-order valence-corrected chi connectivity index (χ3v) is 10.9. The van der Waals surface area contributed by atoms with Crippen LogP contribution in [-0.4, -0.2) is 24.6 Å². The fourth-order valence-corrected chi connectivity index (χ4v) is 4.54. The number of hydrogen-bond acceptors (Lipinski definition) is 3. The van der Waals surface area contributed by atoms with Gasteiger partial charge in [0.05, 0.1) is 17.8 Å². The van der Waals surface area contributed by atoms with Crippen molar-refractivity contribution >= 4 is 41.2 Å². The molecule has 0 fully saturated rings. The molecule has 0 N–H and O–H groups in total. The zero-order valence-electron chi connectivity index (χ0n) is 20.4. The molecular formula is C26H34BrNO3Si. The van der Waals surface area contributed by atoms with Crippen LogP contribution < -0.4 is 0 Å². The van der Waals surface area contributed by atoms with Gasteiger partial charge in [0.2, 0.25) is 0 Å². The highest BCUT2D eigenvalue weighted by molar-refractivity contribution is 9.10. The quantitative estimate of drug-likeness (QED) is 0.327. The lowest BCUT2D eigenvalue weighted by atomic mass is 10.1. The predicted octanol–water partition coefficient (Wildman–Crippen LogP) is 8.38. The summed E-state index contributed by atoms with van der Waals surface area (Å²) in [6.07, 6.45) is -0.382. The molecule has 6 heteroatoms. The average molecular weight is 517 g/mol. The minimum absolute atomic E-state index is 0.154. The van der Waals surface area contributed by atoms with Crippen LogP contribution in [0.4, 0.5) is 4.79 Å². The SMILES string of the molecule is CC(C)(C)OC(=O)n1c(-c2cccc(CO[Si](C)(C)C(C)(C)C)c2)cc2cc(Br)ccc21. The van der Waals surface area contributed by atoms with Crippen molar-refractivity contribution in [3.05, 3.63) is 58.6 Å². The van der Waals surface area contributed by atoms with Crippen molar-refractivity contribution < 1.29 is 14.0 Å². The summed E-state index contributed by atoms with van der Waals surface area (Å²) in [5.74, 6) is 0. The Hall–Kier alpha value is -1.89. The Morgan fingerprint density at radius 2 is 1.69 bits per heavy atom. The van der Waals surface area contributed by atoms with Gasteiger partial charge in [-0.05, 0) is 80.4 Å². The molecule has 0 amide bonds. The Kier molecular flexibility index (Phi) is 6.81. The maximum atomic E-state index is 13.2. The summed E-state index contributed by atoms with van der Waals surface area (Å²) in [6, 6.07) is 16.2. The number of benzene rings is 2. The summed E-state index contributed by atoms with van der Waals surface area (Å²) in [7, 11) is -1.86. The first-order valence-electron chi connectivity index (χ1n) is 11.0. The van der Waals surface area contributed by atoms with Crippen LogP contribution in [0.25, 0.3) is 22.2 Å². The van der Waals surface area contributed by atoms with E-state index in [2.05, 4.69) is 61.9 Å². The highest BCUT2D eigenvalue weighted by Gasteiger charge is 2.37. The zero-order chi connectivity index (χ0) is 23.9. The molecule has 1 heterocycles. The Morgan fingerprint density at radius 3 is 2.31 bits per heavy atom. The average Bonchev–Trinajstić information content (AvgIpc) is 3.03. The lowest BCUT2D eigenvalue weighted by molar-refractivity contribution is 0.0547. The van der Waals surface area contributed by atoms with Gasteiger partial charge in [-0.15, -0.1) is 0 Å². The van der Waals surface area contributed by atoms with E-state index in [-0.39, 0.29) is 11.1 Å². The van der Waals surface area contributed by atoms with Gasteiger partial charge in [0, 0.05) is 9.86 Å². The topological polar surface area (TPSA) is 40.5 Å². The van der Waals surface area contributed by atoms with Crippen molar-refractivity contribution in [3.8, 4) is 11.3 Å². The van der Waals surface area contributed by atoms with Gasteiger partial charge in [-0.25, -0.2) is 9.36 Å². The van der Waals surface area contributed by atoms with E-state index < -0.39 is 13.9 Å². The minimum atomic E-state index is -1.86. The third kappa shape index (κ3) is 5.53. The standard InChI is InChI=1S/C26H34BrNO3Si/c1-25(2,3)31-24(29)28-22-13-12-21(27)15-20(22)16-23(28)19-11-9-10-18(14-19)17-30-32(7,8)26(4,5)6/h9-16H,17H2,1-8H3. The molecule has 0 radical (unpaired) electrons. The van der Waals surface area contributed by atoms with Crippen molar-refractivity contribution in [1.29, 1.82) is 0 Å². The van der Waals surface area contributed by atoms with Gasteiger partial charge in [0.15, 0.2) is 8.32 Å². The molecule has 0 bridgehead atoms. The van der Waals surface area contributed by atoms with Crippen LogP contribution in [0.5, 0.6) is 0 Å². The van der Waals surface area contributed by atoms with E-state index in [0.717, 1.165) is 32.2 Å². The number of aromatic nitrogens is 1. The zero-order valence-corrected chi connectivity index (χ0v) is 23.0. The first-order valence-corrected chi connectivity index (χ1v) is 14.7. The summed E-state index contributed by atoms with van der Waals surface area (Å²) in [4.78, 5) is 13.2. The molecule has 4 nitrogen and oxygen atoms in total. The molecule has 172 valence electrons. The first kappa shape index (κ1) is 24.7. The molecule has 1 aromatic heterocycles. The van der Waals surface area contributed by atoms with Gasteiger partial charge in [-0.2, -0.15) is 0 Å². The molecule has 0 spiro atoms. The third-order valence-electron chi connectivity index (χ3n) is 5.97. The molecule has 0 unspecified atom stereocenters. The molecule has 0 aliphatic carbocycles. The van der Waals surface area contributed by atoms with Crippen LogP contribution in [0.1, 0.15) is 47.1 Å². The van der Waals surface area contributed by atoms with Crippen molar-refractivity contribution in [3.63, 3.8) is 0 Å². The van der Waals surface area contributed by atoms with E-state index in [9.17, 15) is 4.79 Å². The molecule has 0 aliphatic rings. The number of carbonyl (C=O) groups excluding carboxylic acids is 1. The monoisotopic (exact) mass is 515 g/mol. The molecule has 3 aromatic rings. The molecule has 0 saturated heterocycles. The van der Waals surface area contributed by atoms with E-state index >= 15 is 0 Å². The van der Waals surface area contributed by atoms with Crippen LogP contribution in [0.15, 0.2) is 53.0 Å². The number of fused-ring (bicyclic) bond motifs is 1. The second-order valence-corrected chi connectivity index (χ2v) is 16.5. The fourth-order valence-electron chi connectivity index (χ4n) is 3.20. The molecule has 3 rings (SSSR count). The highest BCUT2D eigenvalue weighted by Crippen LogP contribution is 2.37. The summed E-state index contributed by atoms with van der Waals surface area (Å²) < 4.78 is 14.8. The van der Waals surface area contributed by atoms with Crippen molar-refractivity contribution in [2.24, 2.45) is 0 Å². The summed E-state index contributed by atoms with van der Waals surface area (Å²) >= 11 is 3.54. The molecule has 2 aromatic carbocycles. The number of ether oxygens (including phenoxy) is 1. The molecule has 0 atom stereocenters. The fraction of sp³-hybridized carbons (Fsp3) is 0.423. The van der Waals surface area contributed by atoms with Gasteiger partial charge < -0.3 is 9.16 Å². The maximum Gasteiger partial charge on any atom is 0.419 e. The van der Waals surface area contributed by atoms with Gasteiger partial charge in [0.25, 0.3) is 0 Å². The lowest BCUT2D eigenvalue weighted by Gasteiger charge is -2.36. The van der Waals surface area contributed by atoms with Crippen molar-refractivity contribution in [2.45, 2.75) is 71.9 Å². The number of rotatable bonds is 4. The first-order chi connectivity index (χ1) is 14.7. The smallest absolute Gasteiger partial charge is 0.419 e. The normalized spacial score (nSPS) is 12.9. The highest BCUT2D eigenvalue weighted by atomic mass is 79.9. The van der Waals surface area contributed by atoms with Crippen molar-refractivity contribution in [2.75, 3.05) is 0 Å². The summed E-state index contributed by atoms with van der Waals surface area (Å²) in [5, 5.41) is 1.13. The van der Waals surface area contributed by atoms with E-state index in [1.165, 1.54) is 0 Å². The van der Waals surface area contributed by atoms with Crippen molar-refractivity contribution in [1.82, 2.24) is 4.57 Å². The van der Waals surface area contributed by atoms with Gasteiger partial charge in [-0.1, -0.05) is 54.9 Å². The van der Waals surface area contributed by atoms with Crippen LogP contribution in [-0.2, 0) is 15.8 Å². The molecular weight excluding hydrogens is 482 g/mol. The second-order valence-electron chi connectivity index (χ2n) is 10.8. The van der Waals surface area contributed by atoms with E-state index in [4.69, 9.17) is 9.16 Å². The molecule has 0 saturated carbocycles. The van der Waals surface area contributed by atoms with Crippen LogP contribution in [0.3, 0.4) is 0 Å². The summed E-state index contributed by atoms with van der Waals surface area (Å²) in [5.41, 5.74) is 3.09. The summed E-state index contributed by atoms with van der Waals surface area (Å²) in [6.45, 7) is 17.4. The second kappa shape index (κ2) is 8.80. The van der Waals surface area contributed by atoms with Crippen LogP contribution in [0.2, 0.25) is 18.1 Å². The van der Waals surface area contributed by atoms with Gasteiger partial charge in [0.1, 0.15) is 5.60 Å². The number of carbonyl (C=O) groups is 1. The largest absolute Gasteiger partial charge is 0.443 e. The Bertz CT molecular complexity index is 1140. The van der Waals surface area contributed by atoms with E-state index in [1.807, 2.05) is 57.2 Å². The maximum absolute atomic E-state index is 13.2. The van der Waals surface area contributed by atoms with Crippen LogP contribution in [0, 0.1) is 0 Å². The van der Waals surface area contributed by atoms with Gasteiger partial charge in [-0.3, -0.25) is 0 Å². The Balaban J connectivity index is 2.03. The minimum Gasteiger partial charge on any atom is -0.443 e. The number of nitrogens with zero attached hydrogens (tertiary/aromatic N) is 1. The van der Waals surface area contributed by atoms with Crippen LogP contribution >= 0.6 is 15.9 Å². The lowest BCUT2D eigenvalue weighted by Crippen LogP contribution is -2.40. The Morgan fingerprint density at radius 1 is 1.00 bits per heavy atom. The molecule has 32 heavy (non-hydrogen) atoms. The van der Waals surface area contributed by atoms with E-state index in [0.29, 0.717) is 6.61 Å². The Labute approximate surface area is 201 Å². The number of hydrogen-bond donors (Lipinski definition) is 0. The molecule has 0 aliphatic heterocycles. The predicted molar refractivity (Wildman–Crippen MR) is 139 cm³/mol.